The lowest BCUT2D eigenvalue weighted by molar-refractivity contribution is -0.128. The molecule has 216 valence electrons. The first kappa shape index (κ1) is 29.8. The summed E-state index contributed by atoms with van der Waals surface area (Å²) in [6.45, 7) is 5.66. The van der Waals surface area contributed by atoms with Gasteiger partial charge in [-0.3, -0.25) is 9.59 Å². The second kappa shape index (κ2) is 13.0. The molecule has 1 aliphatic heterocycles. The molecule has 4 rings (SSSR count). The van der Waals surface area contributed by atoms with Crippen molar-refractivity contribution in [2.24, 2.45) is 5.73 Å². The van der Waals surface area contributed by atoms with Crippen molar-refractivity contribution in [3.05, 3.63) is 83.9 Å². The molecule has 6 N–H and O–H groups in total. The highest BCUT2D eigenvalue weighted by Gasteiger charge is 2.32. The topological polar surface area (TPSA) is 137 Å². The number of rotatable bonds is 9. The normalized spacial score (nSPS) is 15.9. The molecule has 1 heterocycles. The molecule has 1 unspecified atom stereocenters. The number of carbonyl (C=O) groups is 3. The minimum absolute atomic E-state index is 0.129. The van der Waals surface area contributed by atoms with Crippen molar-refractivity contribution in [1.82, 2.24) is 10.6 Å². The van der Waals surface area contributed by atoms with Gasteiger partial charge in [0.1, 0.15) is 6.04 Å². The van der Waals surface area contributed by atoms with E-state index in [0.717, 1.165) is 27.9 Å². The van der Waals surface area contributed by atoms with Crippen LogP contribution in [0.1, 0.15) is 44.7 Å². The van der Waals surface area contributed by atoms with E-state index in [-0.39, 0.29) is 24.8 Å². The molecule has 3 aromatic carbocycles. The third kappa shape index (κ3) is 8.15. The summed E-state index contributed by atoms with van der Waals surface area (Å²) in [7, 11) is 0. The van der Waals surface area contributed by atoms with Crippen LogP contribution < -0.4 is 26.6 Å². The van der Waals surface area contributed by atoms with Gasteiger partial charge in [-0.2, -0.15) is 0 Å². The lowest BCUT2D eigenvalue weighted by Crippen LogP contribution is -2.49. The number of hydrogen-bond donors (Lipinski definition) is 5. The number of nitrogens with zero attached hydrogens (tertiary/aromatic N) is 1. The maximum Gasteiger partial charge on any atom is 0.319 e. The third-order valence-electron chi connectivity index (χ3n) is 6.84. The number of benzene rings is 3. The van der Waals surface area contributed by atoms with Crippen molar-refractivity contribution >= 4 is 29.2 Å². The van der Waals surface area contributed by atoms with E-state index >= 15 is 0 Å². The zero-order valence-electron chi connectivity index (χ0n) is 23.8. The average Bonchev–Trinajstić information content (AvgIpc) is 3.04. The Kier molecular flexibility index (Phi) is 9.42. The fraction of sp³-hybridized carbons (Fsp3) is 0.344. The summed E-state index contributed by atoms with van der Waals surface area (Å²) in [4.78, 5) is 40.5. The van der Waals surface area contributed by atoms with E-state index in [2.05, 4.69) is 16.0 Å². The van der Waals surface area contributed by atoms with Crippen LogP contribution in [0.25, 0.3) is 11.1 Å². The number of fused-ring (bicyclic) bond motifs is 1. The third-order valence-corrected chi connectivity index (χ3v) is 6.84. The van der Waals surface area contributed by atoms with Crippen LogP contribution in [0.2, 0.25) is 0 Å². The molecule has 3 aromatic rings. The summed E-state index contributed by atoms with van der Waals surface area (Å²) in [6.07, 6.45) is 0.666. The van der Waals surface area contributed by atoms with Crippen LogP contribution in [-0.4, -0.2) is 47.2 Å². The van der Waals surface area contributed by atoms with Crippen molar-refractivity contribution in [1.29, 1.82) is 0 Å². The second-order valence-corrected chi connectivity index (χ2v) is 11.3. The Morgan fingerprint density at radius 3 is 2.44 bits per heavy atom. The number of aryl methyl sites for hydroxylation is 1. The number of urea groups is 1. The van der Waals surface area contributed by atoms with E-state index in [1.54, 1.807) is 25.7 Å². The first-order chi connectivity index (χ1) is 19.5. The molecular formula is C32H39N5O4. The smallest absolute Gasteiger partial charge is 0.319 e. The molecule has 0 saturated carbocycles. The maximum atomic E-state index is 13.8. The fourth-order valence-electron chi connectivity index (χ4n) is 4.89. The van der Waals surface area contributed by atoms with Crippen LogP contribution in [0.4, 0.5) is 16.2 Å². The first-order valence-electron chi connectivity index (χ1n) is 13.9. The fourth-order valence-corrected chi connectivity index (χ4v) is 4.89. The predicted octanol–water partition coefficient (Wildman–Crippen LogP) is 3.95. The number of nitrogens with two attached hydrogens (primary N) is 1. The van der Waals surface area contributed by atoms with Crippen molar-refractivity contribution in [3.8, 4) is 11.1 Å². The van der Waals surface area contributed by atoms with Gasteiger partial charge in [0.05, 0.1) is 18.3 Å². The van der Waals surface area contributed by atoms with Crippen molar-refractivity contribution in [3.63, 3.8) is 0 Å². The standard InChI is InChI=1S/C32H39N5O4/c1-21(38)19-34-31(41)36-26-10-6-5-9-25(26)23-14-12-22(13-15-23)20-37-28-11-7-4-8-24(28)16-17-27(30(37)40)35-29(39)18-32(2,3)33/h4-15,21,27,38H,16-20,33H2,1-3H3,(H,35,39)(H2,34,36,41)/t21?,27-/m1/s1. The minimum atomic E-state index is -0.668. The van der Waals surface area contributed by atoms with Gasteiger partial charge in [0, 0.05) is 29.8 Å². The van der Waals surface area contributed by atoms with Crippen LogP contribution in [0.5, 0.6) is 0 Å². The summed E-state index contributed by atoms with van der Waals surface area (Å²) in [5.74, 6) is -0.391. The number of hydrogen-bond acceptors (Lipinski definition) is 5. The lowest BCUT2D eigenvalue weighted by Gasteiger charge is -2.27. The molecule has 0 fully saturated rings. The van der Waals surface area contributed by atoms with Crippen molar-refractivity contribution in [2.45, 2.75) is 64.3 Å². The second-order valence-electron chi connectivity index (χ2n) is 11.3. The lowest BCUT2D eigenvalue weighted by atomic mass is 10.0. The SMILES string of the molecule is CC(O)CNC(=O)Nc1ccccc1-c1ccc(CN2C(=O)[C@H](NC(=O)CC(C)(C)N)CCc3ccccc32)cc1. The average molecular weight is 558 g/mol. The van der Waals surface area contributed by atoms with Gasteiger partial charge in [-0.25, -0.2) is 4.79 Å². The monoisotopic (exact) mass is 557 g/mol. The molecule has 4 amide bonds. The number of carbonyl (C=O) groups excluding carboxylic acids is 3. The van der Waals surface area contributed by atoms with Gasteiger partial charge < -0.3 is 31.7 Å². The number of para-hydroxylation sites is 2. The summed E-state index contributed by atoms with van der Waals surface area (Å²) >= 11 is 0. The van der Waals surface area contributed by atoms with E-state index in [9.17, 15) is 19.5 Å². The van der Waals surface area contributed by atoms with Crippen molar-refractivity contribution in [2.75, 3.05) is 16.8 Å². The van der Waals surface area contributed by atoms with Gasteiger partial charge in [-0.1, -0.05) is 60.7 Å². The van der Waals surface area contributed by atoms with Gasteiger partial charge in [-0.05, 0) is 62.4 Å². The van der Waals surface area contributed by atoms with Gasteiger partial charge in [-0.15, -0.1) is 0 Å². The number of aliphatic hydroxyl groups is 1. The molecule has 9 nitrogen and oxygen atoms in total. The van der Waals surface area contributed by atoms with Gasteiger partial charge >= 0.3 is 6.03 Å². The van der Waals surface area contributed by atoms with Crippen LogP contribution in [-0.2, 0) is 22.6 Å². The molecule has 1 aliphatic rings. The van der Waals surface area contributed by atoms with Crippen LogP contribution in [0.15, 0.2) is 72.8 Å². The number of nitrogens with one attached hydrogen (secondary N) is 3. The Bertz CT molecular complexity index is 1380. The Balaban J connectivity index is 1.53. The highest BCUT2D eigenvalue weighted by molar-refractivity contribution is 6.00. The Labute approximate surface area is 241 Å². The maximum absolute atomic E-state index is 13.8. The van der Waals surface area contributed by atoms with E-state index < -0.39 is 23.7 Å². The Morgan fingerprint density at radius 1 is 1.05 bits per heavy atom. The van der Waals surface area contributed by atoms with Gasteiger partial charge in [0.2, 0.25) is 11.8 Å². The summed E-state index contributed by atoms with van der Waals surface area (Å²) in [5, 5.41) is 17.8. The number of amides is 4. The van der Waals surface area contributed by atoms with E-state index in [4.69, 9.17) is 5.73 Å². The molecule has 0 radical (unpaired) electrons. The molecule has 0 aliphatic carbocycles. The summed E-state index contributed by atoms with van der Waals surface area (Å²) < 4.78 is 0. The quantitative estimate of drug-likeness (QED) is 0.271. The molecule has 0 bridgehead atoms. The minimum Gasteiger partial charge on any atom is -0.392 e. The Hall–Kier alpha value is -4.21. The van der Waals surface area contributed by atoms with Crippen LogP contribution in [0, 0.1) is 0 Å². The zero-order chi connectivity index (χ0) is 29.6. The highest BCUT2D eigenvalue weighted by atomic mass is 16.3. The van der Waals surface area contributed by atoms with Gasteiger partial charge in [0.25, 0.3) is 0 Å². The molecule has 41 heavy (non-hydrogen) atoms. The Morgan fingerprint density at radius 2 is 1.73 bits per heavy atom. The molecule has 9 heteroatoms. The molecule has 0 saturated heterocycles. The van der Waals surface area contributed by atoms with Crippen LogP contribution in [0.3, 0.4) is 0 Å². The summed E-state index contributed by atoms with van der Waals surface area (Å²) in [5.41, 5.74) is 10.6. The number of aliphatic hydroxyl groups excluding tert-OH is 1. The van der Waals surface area contributed by atoms with Crippen LogP contribution >= 0.6 is 0 Å². The van der Waals surface area contributed by atoms with E-state index in [1.807, 2.05) is 72.8 Å². The predicted molar refractivity (Wildman–Crippen MR) is 161 cm³/mol. The summed E-state index contributed by atoms with van der Waals surface area (Å²) in [6, 6.07) is 22.1. The van der Waals surface area contributed by atoms with E-state index in [1.165, 1.54) is 0 Å². The first-order valence-corrected chi connectivity index (χ1v) is 13.9. The molecular weight excluding hydrogens is 518 g/mol. The highest BCUT2D eigenvalue weighted by Crippen LogP contribution is 2.31. The molecule has 0 aromatic heterocycles. The largest absolute Gasteiger partial charge is 0.392 e. The van der Waals surface area contributed by atoms with Gasteiger partial charge in [0.15, 0.2) is 0 Å². The van der Waals surface area contributed by atoms with Crippen molar-refractivity contribution < 1.29 is 19.5 Å². The zero-order valence-corrected chi connectivity index (χ0v) is 23.8. The molecule has 2 atom stereocenters. The number of anilines is 2. The molecule has 0 spiro atoms. The van der Waals surface area contributed by atoms with E-state index in [0.29, 0.717) is 25.1 Å².